The van der Waals surface area contributed by atoms with E-state index in [1.807, 2.05) is 12.2 Å². The van der Waals surface area contributed by atoms with Crippen molar-refractivity contribution in [2.45, 2.75) is 76.9 Å². The van der Waals surface area contributed by atoms with E-state index in [9.17, 15) is 19.7 Å². The summed E-state index contributed by atoms with van der Waals surface area (Å²) in [6.45, 7) is 3.48. The van der Waals surface area contributed by atoms with Crippen molar-refractivity contribution in [1.82, 2.24) is 0 Å². The molecule has 27 heavy (non-hydrogen) atoms. The van der Waals surface area contributed by atoms with Crippen LogP contribution in [0.15, 0.2) is 23.8 Å². The molecule has 6 heteroatoms. The van der Waals surface area contributed by atoms with E-state index in [4.69, 9.17) is 0 Å². The quantitative estimate of drug-likeness (QED) is 0.231. The van der Waals surface area contributed by atoms with E-state index >= 15 is 0 Å². The molecular weight excluding hydrogens is 370 g/mol. The van der Waals surface area contributed by atoms with Gasteiger partial charge in [0, 0.05) is 13.3 Å². The second-order valence-electron chi connectivity index (χ2n) is 8.38. The van der Waals surface area contributed by atoms with Crippen LogP contribution in [0.4, 0.5) is 0 Å². The fraction of sp³-hybridized carbons (Fsp3) is 0.810. The van der Waals surface area contributed by atoms with Crippen LogP contribution in [0.2, 0.25) is 0 Å². The van der Waals surface area contributed by atoms with Crippen molar-refractivity contribution in [1.29, 1.82) is 0 Å². The molecule has 2 rings (SSSR count). The molecule has 0 aliphatic heterocycles. The van der Waals surface area contributed by atoms with Gasteiger partial charge in [0.15, 0.2) is 0 Å². The maximum atomic E-state index is 11.2. The van der Waals surface area contributed by atoms with Gasteiger partial charge in [0.25, 0.3) is 0 Å². The van der Waals surface area contributed by atoms with Gasteiger partial charge in [-0.2, -0.15) is 0 Å². The summed E-state index contributed by atoms with van der Waals surface area (Å²) in [5, 5.41) is 20.5. The summed E-state index contributed by atoms with van der Waals surface area (Å²) in [7, 11) is -3.13. The van der Waals surface area contributed by atoms with Gasteiger partial charge in [-0.05, 0) is 63.2 Å². The molecule has 2 aliphatic carbocycles. The summed E-state index contributed by atoms with van der Waals surface area (Å²) in [5.74, 6) is 1.01. The van der Waals surface area contributed by atoms with E-state index in [1.54, 1.807) is 0 Å². The van der Waals surface area contributed by atoms with Gasteiger partial charge in [0.05, 0.1) is 12.2 Å². The maximum Gasteiger partial charge on any atom is 1.00 e. The van der Waals surface area contributed by atoms with Gasteiger partial charge in [-0.25, -0.2) is 0 Å². The van der Waals surface area contributed by atoms with Crippen LogP contribution in [0, 0.1) is 17.8 Å². The van der Waals surface area contributed by atoms with E-state index < -0.39 is 13.5 Å². The predicted octanol–water partition coefficient (Wildman–Crippen LogP) is 0.870. The Labute approximate surface area is 187 Å². The molecular formula is C21H36NaO4P. The van der Waals surface area contributed by atoms with Crippen LogP contribution in [0.25, 0.3) is 0 Å². The minimum absolute atomic E-state index is 0. The van der Waals surface area contributed by atoms with E-state index in [0.29, 0.717) is 18.0 Å². The van der Waals surface area contributed by atoms with Crippen molar-refractivity contribution in [3.63, 3.8) is 0 Å². The molecule has 150 valence electrons. The first kappa shape index (κ1) is 25.6. The number of fused-ring (bicyclic) bond motifs is 1. The van der Waals surface area contributed by atoms with Crippen LogP contribution < -0.4 is 34.5 Å². The number of hydrogen-bond acceptors (Lipinski definition) is 4. The first-order valence-electron chi connectivity index (χ1n) is 10.3. The smallest absolute Gasteiger partial charge is 0.799 e. The second-order valence-corrected chi connectivity index (χ2v) is 10.9. The summed E-state index contributed by atoms with van der Waals surface area (Å²) in [5.41, 5.74) is 1.42. The Morgan fingerprint density at radius 1 is 1.33 bits per heavy atom. The number of rotatable bonds is 11. The third-order valence-corrected chi connectivity index (χ3v) is 7.05. The topological polar surface area (TPSA) is 80.6 Å². The largest absolute Gasteiger partial charge is 1.00 e. The molecule has 6 atom stereocenters. The number of allylic oxidation sites excluding steroid dienone is 2. The molecule has 0 bridgehead atoms. The summed E-state index contributed by atoms with van der Waals surface area (Å²) in [6.07, 6.45) is 14.4. The Hall–Kier alpha value is 0.590. The molecule has 0 aromatic carbocycles. The Morgan fingerprint density at radius 2 is 2.07 bits per heavy atom. The van der Waals surface area contributed by atoms with E-state index in [2.05, 4.69) is 13.0 Å². The molecule has 0 aromatic rings. The van der Waals surface area contributed by atoms with Crippen molar-refractivity contribution < 1.29 is 49.2 Å². The van der Waals surface area contributed by atoms with Gasteiger partial charge >= 0.3 is 29.6 Å². The van der Waals surface area contributed by atoms with Crippen molar-refractivity contribution in [3.05, 3.63) is 23.8 Å². The molecule has 0 saturated heterocycles. The van der Waals surface area contributed by atoms with Gasteiger partial charge in [-0.1, -0.05) is 50.0 Å². The minimum Gasteiger partial charge on any atom is -0.799 e. The third kappa shape index (κ3) is 8.86. The van der Waals surface area contributed by atoms with Gasteiger partial charge < -0.3 is 19.7 Å². The molecule has 0 amide bonds. The normalized spacial score (nSPS) is 30.6. The van der Waals surface area contributed by atoms with Crippen molar-refractivity contribution in [2.75, 3.05) is 12.8 Å². The first-order valence-corrected chi connectivity index (χ1v) is 12.6. The molecule has 0 radical (unpaired) electrons. The number of aliphatic hydroxyl groups excluding tert-OH is 2. The summed E-state index contributed by atoms with van der Waals surface area (Å²) >= 11 is 0. The Morgan fingerprint density at radius 3 is 2.74 bits per heavy atom. The molecule has 1 fully saturated rings. The van der Waals surface area contributed by atoms with Crippen LogP contribution in [0.3, 0.4) is 0 Å². The molecule has 4 unspecified atom stereocenters. The minimum atomic E-state index is -3.13. The second kappa shape index (κ2) is 12.3. The van der Waals surface area contributed by atoms with Gasteiger partial charge in [0.1, 0.15) is 0 Å². The van der Waals surface area contributed by atoms with E-state index in [1.165, 1.54) is 12.2 Å². The average Bonchev–Trinajstić information content (AvgIpc) is 3.06. The molecule has 4 nitrogen and oxygen atoms in total. The molecule has 0 heterocycles. The van der Waals surface area contributed by atoms with Crippen molar-refractivity contribution in [2.24, 2.45) is 17.8 Å². The predicted molar refractivity (Wildman–Crippen MR) is 105 cm³/mol. The monoisotopic (exact) mass is 406 g/mol. The van der Waals surface area contributed by atoms with Crippen LogP contribution >= 0.6 is 7.37 Å². The first-order chi connectivity index (χ1) is 12.3. The molecule has 0 aromatic heterocycles. The van der Waals surface area contributed by atoms with E-state index in [-0.39, 0.29) is 41.6 Å². The average molecular weight is 406 g/mol. The summed E-state index contributed by atoms with van der Waals surface area (Å²) in [4.78, 5) is 11.2. The Bertz CT molecular complexity index is 542. The number of hydrogen-bond donors (Lipinski definition) is 2. The SMILES string of the molecule is CCCCCC(O)/C=C/[C@@H]1C2CC(CCCCP(C)(=O)[O-])=CC2C[C@H]1O.[Na+]. The van der Waals surface area contributed by atoms with Gasteiger partial charge in [0.2, 0.25) is 0 Å². The fourth-order valence-corrected chi connectivity index (χ4v) is 5.30. The summed E-state index contributed by atoms with van der Waals surface area (Å²) in [6, 6.07) is 0. The zero-order chi connectivity index (χ0) is 19.2. The van der Waals surface area contributed by atoms with Crippen molar-refractivity contribution >= 4 is 7.37 Å². The standard InChI is InChI=1S/C21H37O4P.Na/c1-3-4-5-9-18(22)10-11-19-20-14-16(13-17(20)15-21(19)23)8-6-7-12-26(2,24)25;/h10-11,13,17-23H,3-9,12,14-15H2,1-2H3,(H,24,25);/q;+1/p-1/b11-10+;/t17?,18?,19-,20?,21-;/m1./s1. The Balaban J connectivity index is 0.00000364. The van der Waals surface area contributed by atoms with Gasteiger partial charge in [-0.3, -0.25) is 0 Å². The zero-order valence-electron chi connectivity index (χ0n) is 17.3. The molecule has 2 N–H and O–H groups in total. The molecule has 0 spiro atoms. The van der Waals surface area contributed by atoms with Crippen LogP contribution in [-0.2, 0) is 4.57 Å². The summed E-state index contributed by atoms with van der Waals surface area (Å²) < 4.78 is 11.2. The molecule has 1 saturated carbocycles. The number of unbranched alkanes of at least 4 members (excludes halogenated alkanes) is 3. The van der Waals surface area contributed by atoms with E-state index in [0.717, 1.165) is 57.8 Å². The zero-order valence-corrected chi connectivity index (χ0v) is 20.2. The van der Waals surface area contributed by atoms with Crippen LogP contribution in [0.1, 0.15) is 64.7 Å². The fourth-order valence-electron chi connectivity index (χ4n) is 4.50. The van der Waals surface area contributed by atoms with Crippen LogP contribution in [0.5, 0.6) is 0 Å². The van der Waals surface area contributed by atoms with Gasteiger partial charge in [-0.15, -0.1) is 0 Å². The Kier molecular flexibility index (Phi) is 11.7. The third-order valence-electron chi connectivity index (χ3n) is 5.92. The van der Waals surface area contributed by atoms with Crippen molar-refractivity contribution in [3.8, 4) is 0 Å². The molecule has 2 aliphatic rings. The number of aliphatic hydroxyl groups is 2. The van der Waals surface area contributed by atoms with Crippen LogP contribution in [-0.4, -0.2) is 35.2 Å². The maximum absolute atomic E-state index is 11.2.